The molecule has 37 heavy (non-hydrogen) atoms. The van der Waals surface area contributed by atoms with Crippen molar-refractivity contribution in [1.82, 2.24) is 5.32 Å². The highest BCUT2D eigenvalue weighted by molar-refractivity contribution is 8.05. The number of halogens is 2. The van der Waals surface area contributed by atoms with Crippen molar-refractivity contribution in [2.45, 2.75) is 18.1 Å². The molecule has 1 saturated heterocycles. The van der Waals surface area contributed by atoms with E-state index in [1.165, 1.54) is 16.7 Å². The molecule has 0 aliphatic carbocycles. The molecule has 0 radical (unpaired) electrons. The fourth-order valence-electron chi connectivity index (χ4n) is 3.90. The summed E-state index contributed by atoms with van der Waals surface area (Å²) in [6.45, 7) is 0.328. The molecule has 0 saturated carbocycles. The minimum Gasteiger partial charge on any atom is -0.497 e. The second kappa shape index (κ2) is 12.2. The molecule has 188 valence electrons. The van der Waals surface area contributed by atoms with Gasteiger partial charge >= 0.3 is 0 Å². The van der Waals surface area contributed by atoms with E-state index in [9.17, 15) is 14.9 Å². The molecular formula is C28H23Cl2N3O3S. The summed E-state index contributed by atoms with van der Waals surface area (Å²) < 4.78 is 5.17. The molecule has 6 nitrogen and oxygen atoms in total. The van der Waals surface area contributed by atoms with Gasteiger partial charge in [-0.25, -0.2) is 0 Å². The average Bonchev–Trinajstić information content (AvgIpc) is 3.22. The summed E-state index contributed by atoms with van der Waals surface area (Å²) in [4.78, 5) is 28.1. The van der Waals surface area contributed by atoms with Gasteiger partial charge < -0.3 is 10.1 Å². The average molecular weight is 552 g/mol. The van der Waals surface area contributed by atoms with Crippen LogP contribution in [0.1, 0.15) is 11.1 Å². The standard InChI is InChI=1S/C28H23Cl2N3O3S/c1-36-22-10-7-18(8-11-22)13-14-32-26(34)23(17-31)28-33(21-5-3-2-4-6-21)27(35)25(37-28)16-19-15-20(29)9-12-24(19)30/h2-12,15,25H,13-14,16H2,1H3,(H,32,34)/b28-23-. The highest BCUT2D eigenvalue weighted by atomic mass is 35.5. The third kappa shape index (κ3) is 6.28. The Kier molecular flexibility index (Phi) is 8.78. The molecule has 1 aliphatic rings. The van der Waals surface area contributed by atoms with Crippen LogP contribution in [-0.4, -0.2) is 30.7 Å². The monoisotopic (exact) mass is 551 g/mol. The number of ether oxygens (including phenoxy) is 1. The summed E-state index contributed by atoms with van der Waals surface area (Å²) in [7, 11) is 1.60. The lowest BCUT2D eigenvalue weighted by Crippen LogP contribution is -2.32. The van der Waals surface area contributed by atoms with Crippen LogP contribution in [0.4, 0.5) is 5.69 Å². The first-order valence-corrected chi connectivity index (χ1v) is 13.1. The molecule has 1 atom stereocenters. The number of anilines is 1. The number of carbonyl (C=O) groups is 2. The first-order chi connectivity index (χ1) is 17.9. The first kappa shape index (κ1) is 26.6. The lowest BCUT2D eigenvalue weighted by atomic mass is 10.1. The van der Waals surface area contributed by atoms with Crippen molar-refractivity contribution in [3.05, 3.63) is 105 Å². The number of nitrogens with one attached hydrogen (secondary N) is 1. The van der Waals surface area contributed by atoms with Crippen LogP contribution in [-0.2, 0) is 22.4 Å². The predicted octanol–water partition coefficient (Wildman–Crippen LogP) is 5.79. The summed E-state index contributed by atoms with van der Waals surface area (Å²) in [6, 6.07) is 23.6. The molecule has 0 aromatic heterocycles. The van der Waals surface area contributed by atoms with E-state index in [4.69, 9.17) is 27.9 Å². The van der Waals surface area contributed by atoms with Crippen LogP contribution in [0.5, 0.6) is 5.75 Å². The molecule has 9 heteroatoms. The summed E-state index contributed by atoms with van der Waals surface area (Å²) >= 11 is 13.7. The Balaban J connectivity index is 1.58. The van der Waals surface area contributed by atoms with E-state index >= 15 is 0 Å². The molecule has 3 aromatic rings. The van der Waals surface area contributed by atoms with Crippen molar-refractivity contribution in [2.75, 3.05) is 18.6 Å². The van der Waals surface area contributed by atoms with E-state index in [0.717, 1.165) is 16.9 Å². The van der Waals surface area contributed by atoms with Gasteiger partial charge in [-0.05, 0) is 66.4 Å². The zero-order chi connectivity index (χ0) is 26.4. The molecule has 0 spiro atoms. The third-order valence-electron chi connectivity index (χ3n) is 5.79. The van der Waals surface area contributed by atoms with E-state index in [2.05, 4.69) is 5.32 Å². The Labute approximate surface area is 229 Å². The van der Waals surface area contributed by atoms with Crippen LogP contribution >= 0.6 is 35.0 Å². The fraction of sp³-hybridized carbons (Fsp3) is 0.179. The van der Waals surface area contributed by atoms with Crippen molar-refractivity contribution in [3.8, 4) is 11.8 Å². The number of nitrogens with zero attached hydrogens (tertiary/aromatic N) is 2. The molecule has 4 rings (SSSR count). The Morgan fingerprint density at radius 3 is 2.51 bits per heavy atom. The fourth-order valence-corrected chi connectivity index (χ4v) is 5.58. The normalized spacial score (nSPS) is 16.3. The van der Waals surface area contributed by atoms with Gasteiger partial charge in [0, 0.05) is 22.3 Å². The number of nitriles is 1. The first-order valence-electron chi connectivity index (χ1n) is 11.5. The van der Waals surface area contributed by atoms with Crippen LogP contribution in [0.2, 0.25) is 10.0 Å². The summed E-state index contributed by atoms with van der Waals surface area (Å²) in [5, 5.41) is 13.5. The van der Waals surface area contributed by atoms with Crippen molar-refractivity contribution >= 4 is 52.5 Å². The predicted molar refractivity (Wildman–Crippen MR) is 148 cm³/mol. The summed E-state index contributed by atoms with van der Waals surface area (Å²) in [6.07, 6.45) is 0.877. The van der Waals surface area contributed by atoms with Crippen molar-refractivity contribution < 1.29 is 14.3 Å². The zero-order valence-electron chi connectivity index (χ0n) is 19.9. The van der Waals surface area contributed by atoms with Gasteiger partial charge in [-0.2, -0.15) is 5.26 Å². The Morgan fingerprint density at radius 2 is 1.84 bits per heavy atom. The summed E-state index contributed by atoms with van der Waals surface area (Å²) in [5.74, 6) is -0.0171. The number of para-hydroxylation sites is 1. The van der Waals surface area contributed by atoms with Crippen LogP contribution in [0.3, 0.4) is 0 Å². The highest BCUT2D eigenvalue weighted by Crippen LogP contribution is 2.42. The van der Waals surface area contributed by atoms with Gasteiger partial charge in [-0.3, -0.25) is 14.5 Å². The maximum atomic E-state index is 13.6. The molecule has 1 fully saturated rings. The number of methoxy groups -OCH3 is 1. The van der Waals surface area contributed by atoms with Crippen LogP contribution in [0.15, 0.2) is 83.4 Å². The quantitative estimate of drug-likeness (QED) is 0.283. The topological polar surface area (TPSA) is 82.4 Å². The lowest BCUT2D eigenvalue weighted by Gasteiger charge is -2.18. The highest BCUT2D eigenvalue weighted by Gasteiger charge is 2.41. The van der Waals surface area contributed by atoms with Gasteiger partial charge in [0.15, 0.2) is 0 Å². The molecule has 3 aromatic carbocycles. The smallest absolute Gasteiger partial charge is 0.264 e. The Morgan fingerprint density at radius 1 is 1.11 bits per heavy atom. The van der Waals surface area contributed by atoms with E-state index in [1.54, 1.807) is 49.6 Å². The minimum atomic E-state index is -0.582. The molecule has 0 bridgehead atoms. The third-order valence-corrected chi connectivity index (χ3v) is 7.66. The number of hydrogen-bond donors (Lipinski definition) is 1. The Bertz CT molecular complexity index is 1370. The van der Waals surface area contributed by atoms with Crippen LogP contribution in [0, 0.1) is 11.3 Å². The van der Waals surface area contributed by atoms with E-state index in [1.807, 2.05) is 36.4 Å². The van der Waals surface area contributed by atoms with Crippen LogP contribution < -0.4 is 15.0 Å². The number of amides is 2. The van der Waals surface area contributed by atoms with Crippen LogP contribution in [0.25, 0.3) is 0 Å². The molecule has 1 heterocycles. The zero-order valence-corrected chi connectivity index (χ0v) is 22.2. The van der Waals surface area contributed by atoms with Gasteiger partial charge in [-0.1, -0.05) is 65.3 Å². The largest absolute Gasteiger partial charge is 0.497 e. The molecular weight excluding hydrogens is 529 g/mol. The van der Waals surface area contributed by atoms with E-state index < -0.39 is 11.2 Å². The maximum absolute atomic E-state index is 13.6. The lowest BCUT2D eigenvalue weighted by molar-refractivity contribution is -0.117. The Hall–Kier alpha value is -3.44. The number of rotatable bonds is 8. The van der Waals surface area contributed by atoms with Gasteiger partial charge in [0.1, 0.15) is 22.4 Å². The second-order valence-electron chi connectivity index (χ2n) is 8.20. The SMILES string of the molecule is COc1ccc(CCNC(=O)/C(C#N)=C2\SC(Cc3cc(Cl)ccc3Cl)C(=O)N2c2ccccc2)cc1. The molecule has 2 amide bonds. The van der Waals surface area contributed by atoms with Crippen molar-refractivity contribution in [3.63, 3.8) is 0 Å². The van der Waals surface area contributed by atoms with Gasteiger partial charge in [0.2, 0.25) is 5.91 Å². The van der Waals surface area contributed by atoms with Gasteiger partial charge in [-0.15, -0.1) is 0 Å². The maximum Gasteiger partial charge on any atom is 0.264 e. The van der Waals surface area contributed by atoms with E-state index in [-0.39, 0.29) is 11.5 Å². The van der Waals surface area contributed by atoms with Crippen molar-refractivity contribution in [2.24, 2.45) is 0 Å². The molecule has 1 aliphatic heterocycles. The summed E-state index contributed by atoms with van der Waals surface area (Å²) in [5.41, 5.74) is 2.20. The number of benzene rings is 3. The number of carbonyl (C=O) groups excluding carboxylic acids is 2. The van der Waals surface area contributed by atoms with Crippen molar-refractivity contribution in [1.29, 1.82) is 5.26 Å². The second-order valence-corrected chi connectivity index (χ2v) is 10.2. The van der Waals surface area contributed by atoms with Gasteiger partial charge in [0.25, 0.3) is 5.91 Å². The molecule has 1 N–H and O–H groups in total. The minimum absolute atomic E-state index is 0.114. The number of thioether (sulfide) groups is 1. The van der Waals surface area contributed by atoms with E-state index in [0.29, 0.717) is 40.1 Å². The van der Waals surface area contributed by atoms with Gasteiger partial charge in [0.05, 0.1) is 12.4 Å². The molecule has 1 unspecified atom stereocenters. The number of hydrogen-bond acceptors (Lipinski definition) is 5.